The first-order valence-electron chi connectivity index (χ1n) is 3.82. The number of hydrogen-bond donors (Lipinski definition) is 2. The van der Waals surface area contributed by atoms with Crippen molar-refractivity contribution in [3.8, 4) is 0 Å². The lowest BCUT2D eigenvalue weighted by molar-refractivity contribution is 0.0690. The van der Waals surface area contributed by atoms with Crippen LogP contribution in [0, 0.1) is 0 Å². The molecule has 0 amide bonds. The first-order valence-corrected chi connectivity index (χ1v) is 4.62. The second-order valence-electron chi connectivity index (χ2n) is 2.93. The van der Waals surface area contributed by atoms with Gasteiger partial charge in [0.15, 0.2) is 0 Å². The van der Waals surface area contributed by atoms with Crippen molar-refractivity contribution >= 4 is 21.9 Å². The van der Waals surface area contributed by atoms with Crippen LogP contribution in [0.15, 0.2) is 4.60 Å². The maximum atomic E-state index is 10.7. The molecule has 0 aromatic carbocycles. The van der Waals surface area contributed by atoms with Crippen molar-refractivity contribution in [3.05, 3.63) is 21.4 Å². The molecule has 0 spiro atoms. The Balaban J connectivity index is 2.58. The highest BCUT2D eigenvalue weighted by Gasteiger charge is 2.23. The number of rotatable bonds is 1. The van der Waals surface area contributed by atoms with E-state index in [0.717, 1.165) is 35.0 Å². The number of carboxylic acids is 1. The number of halogens is 1. The van der Waals surface area contributed by atoms with Crippen LogP contribution in [0.25, 0.3) is 0 Å². The number of fused-ring (bicyclic) bond motifs is 1. The van der Waals surface area contributed by atoms with Gasteiger partial charge in [0.25, 0.3) is 0 Å². The molecule has 0 saturated heterocycles. The number of H-pyrrole nitrogens is 1. The predicted molar refractivity (Wildman–Crippen MR) is 47.5 cm³/mol. The van der Waals surface area contributed by atoms with Crippen LogP contribution < -0.4 is 0 Å². The quantitative estimate of drug-likeness (QED) is 0.774. The van der Waals surface area contributed by atoms with Crippen LogP contribution in [0.4, 0.5) is 0 Å². The Bertz CT molecular complexity index is 343. The number of carboxylic acid groups (broad SMARTS) is 1. The van der Waals surface area contributed by atoms with Crippen molar-refractivity contribution in [3.63, 3.8) is 0 Å². The van der Waals surface area contributed by atoms with Crippen molar-refractivity contribution in [2.75, 3.05) is 0 Å². The number of aromatic amines is 1. The smallest absolute Gasteiger partial charge is 0.352 e. The van der Waals surface area contributed by atoms with Crippen LogP contribution in [0.1, 0.15) is 28.0 Å². The predicted octanol–water partition coefficient (Wildman–Crippen LogP) is 1.96. The van der Waals surface area contributed by atoms with E-state index in [9.17, 15) is 4.79 Å². The van der Waals surface area contributed by atoms with Crippen molar-refractivity contribution < 1.29 is 9.90 Å². The fourth-order valence-corrected chi connectivity index (χ4v) is 2.34. The number of aromatic carboxylic acids is 1. The summed E-state index contributed by atoms with van der Waals surface area (Å²) >= 11 is 3.32. The third-order valence-corrected chi connectivity index (χ3v) is 2.91. The third kappa shape index (κ3) is 0.982. The fraction of sp³-hybridized carbons (Fsp3) is 0.375. The maximum Gasteiger partial charge on any atom is 0.352 e. The number of nitrogens with one attached hydrogen (secondary N) is 1. The first-order chi connectivity index (χ1) is 5.70. The van der Waals surface area contributed by atoms with Gasteiger partial charge in [-0.2, -0.15) is 0 Å². The summed E-state index contributed by atoms with van der Waals surface area (Å²) in [5, 5.41) is 8.81. The van der Waals surface area contributed by atoms with E-state index in [0.29, 0.717) is 5.69 Å². The molecule has 1 aliphatic rings. The minimum atomic E-state index is -0.862. The van der Waals surface area contributed by atoms with Gasteiger partial charge in [-0.1, -0.05) is 0 Å². The summed E-state index contributed by atoms with van der Waals surface area (Å²) in [7, 11) is 0. The molecule has 0 unspecified atom stereocenters. The molecular formula is C8H8BrNO2. The van der Waals surface area contributed by atoms with Crippen molar-refractivity contribution in [1.29, 1.82) is 0 Å². The lowest BCUT2D eigenvalue weighted by atomic mass is 10.2. The van der Waals surface area contributed by atoms with Crippen molar-refractivity contribution in [2.24, 2.45) is 0 Å². The summed E-state index contributed by atoms with van der Waals surface area (Å²) in [6.07, 6.45) is 2.94. The Labute approximate surface area is 77.9 Å². The summed E-state index contributed by atoms with van der Waals surface area (Å²) in [6, 6.07) is 0. The molecule has 0 fully saturated rings. The molecule has 4 heteroatoms. The van der Waals surface area contributed by atoms with E-state index >= 15 is 0 Å². The Morgan fingerprint density at radius 1 is 1.42 bits per heavy atom. The topological polar surface area (TPSA) is 53.1 Å². The molecule has 0 atom stereocenters. The molecule has 2 N–H and O–H groups in total. The molecule has 3 nitrogen and oxygen atoms in total. The second-order valence-corrected chi connectivity index (χ2v) is 3.72. The molecule has 0 bridgehead atoms. The van der Waals surface area contributed by atoms with E-state index in [1.54, 1.807) is 0 Å². The molecule has 0 radical (unpaired) electrons. The second kappa shape index (κ2) is 2.62. The third-order valence-electron chi connectivity index (χ3n) is 2.23. The molecule has 1 aliphatic carbocycles. The Hall–Kier alpha value is -0.770. The zero-order valence-corrected chi connectivity index (χ0v) is 7.94. The number of hydrogen-bond acceptors (Lipinski definition) is 1. The van der Waals surface area contributed by atoms with E-state index in [4.69, 9.17) is 5.11 Å². The highest BCUT2D eigenvalue weighted by atomic mass is 79.9. The van der Waals surface area contributed by atoms with Gasteiger partial charge in [0, 0.05) is 0 Å². The van der Waals surface area contributed by atoms with Gasteiger partial charge in [-0.05, 0) is 46.3 Å². The molecule has 64 valence electrons. The molecule has 2 rings (SSSR count). The Kier molecular flexibility index (Phi) is 1.72. The molecule has 1 aromatic rings. The standard InChI is InChI=1S/C8H8BrNO2/c9-7-5-3-1-2-4(5)6(10-7)8(11)12/h10H,1-3H2,(H,11,12). The average molecular weight is 230 g/mol. The monoisotopic (exact) mass is 229 g/mol. The highest BCUT2D eigenvalue weighted by molar-refractivity contribution is 9.10. The van der Waals surface area contributed by atoms with Gasteiger partial charge in [-0.15, -0.1) is 0 Å². The van der Waals surface area contributed by atoms with Crippen molar-refractivity contribution in [2.45, 2.75) is 19.3 Å². The van der Waals surface area contributed by atoms with Crippen LogP contribution in [-0.4, -0.2) is 16.1 Å². The van der Waals surface area contributed by atoms with Crippen LogP contribution in [0.2, 0.25) is 0 Å². The summed E-state index contributed by atoms with van der Waals surface area (Å²) in [5.41, 5.74) is 2.48. The van der Waals surface area contributed by atoms with E-state index in [2.05, 4.69) is 20.9 Å². The van der Waals surface area contributed by atoms with Gasteiger partial charge >= 0.3 is 5.97 Å². The lowest BCUT2D eigenvalue weighted by Crippen LogP contribution is -1.99. The van der Waals surface area contributed by atoms with Crippen LogP contribution in [0.5, 0.6) is 0 Å². The Morgan fingerprint density at radius 3 is 2.75 bits per heavy atom. The lowest BCUT2D eigenvalue weighted by Gasteiger charge is -1.91. The minimum Gasteiger partial charge on any atom is -0.477 e. The van der Waals surface area contributed by atoms with Gasteiger partial charge < -0.3 is 10.1 Å². The molecular weight excluding hydrogens is 222 g/mol. The van der Waals surface area contributed by atoms with E-state index in [1.165, 1.54) is 0 Å². The normalized spacial score (nSPS) is 14.8. The van der Waals surface area contributed by atoms with E-state index < -0.39 is 5.97 Å². The summed E-state index contributed by atoms with van der Waals surface area (Å²) in [5.74, 6) is -0.862. The van der Waals surface area contributed by atoms with Gasteiger partial charge in [0.1, 0.15) is 5.69 Å². The Morgan fingerprint density at radius 2 is 2.08 bits per heavy atom. The summed E-state index contributed by atoms with van der Waals surface area (Å²) in [4.78, 5) is 13.6. The van der Waals surface area contributed by atoms with Crippen LogP contribution >= 0.6 is 15.9 Å². The van der Waals surface area contributed by atoms with Gasteiger partial charge in [0.05, 0.1) is 4.60 Å². The van der Waals surface area contributed by atoms with Gasteiger partial charge in [0.2, 0.25) is 0 Å². The number of aromatic nitrogens is 1. The molecule has 12 heavy (non-hydrogen) atoms. The zero-order chi connectivity index (χ0) is 8.72. The van der Waals surface area contributed by atoms with Crippen molar-refractivity contribution in [1.82, 2.24) is 4.98 Å². The van der Waals surface area contributed by atoms with Gasteiger partial charge in [-0.3, -0.25) is 0 Å². The fourth-order valence-electron chi connectivity index (χ4n) is 1.71. The molecule has 1 aromatic heterocycles. The number of carbonyl (C=O) groups is 1. The minimum absolute atomic E-state index is 0.356. The molecule has 1 heterocycles. The average Bonchev–Trinajstić information content (AvgIpc) is 2.53. The summed E-state index contributed by atoms with van der Waals surface area (Å²) in [6.45, 7) is 0. The molecule has 0 aliphatic heterocycles. The van der Waals surface area contributed by atoms with Gasteiger partial charge in [-0.25, -0.2) is 4.79 Å². The largest absolute Gasteiger partial charge is 0.477 e. The van der Waals surface area contributed by atoms with Crippen LogP contribution in [0.3, 0.4) is 0 Å². The summed E-state index contributed by atoms with van der Waals surface area (Å²) < 4.78 is 0.840. The maximum absolute atomic E-state index is 10.7. The molecule has 0 saturated carbocycles. The SMILES string of the molecule is O=C(O)c1[nH]c(Br)c2c1CCC2. The van der Waals surface area contributed by atoms with E-state index in [1.807, 2.05) is 0 Å². The highest BCUT2D eigenvalue weighted by Crippen LogP contribution is 2.31. The van der Waals surface area contributed by atoms with E-state index in [-0.39, 0.29) is 0 Å². The zero-order valence-electron chi connectivity index (χ0n) is 6.35. The van der Waals surface area contributed by atoms with Crippen LogP contribution in [-0.2, 0) is 12.8 Å². The first kappa shape index (κ1) is 7.86.